The van der Waals surface area contributed by atoms with Crippen LogP contribution in [0.15, 0.2) is 197 Å². The number of nitrogens with zero attached hydrogens (tertiary/aromatic N) is 10. The Labute approximate surface area is 716 Å². The Balaban J connectivity index is 0.947. The van der Waals surface area contributed by atoms with Gasteiger partial charge in [0.2, 0.25) is 11.9 Å². The second-order valence-electron chi connectivity index (χ2n) is 30.1. The van der Waals surface area contributed by atoms with Crippen molar-refractivity contribution in [2.75, 3.05) is 44.7 Å². The first-order chi connectivity index (χ1) is 59.0. The molecule has 6 N–H and O–H groups in total. The molecule has 35 nitrogen and oxygen atoms in total. The second-order valence-corrected chi connectivity index (χ2v) is 35.0. The van der Waals surface area contributed by atoms with E-state index >= 15 is 4.57 Å². The smallest absolute Gasteiger partial charge is 0.497 e. The Kier molecular flexibility index (Phi) is 27.5. The van der Waals surface area contributed by atoms with E-state index in [2.05, 4.69) is 46.6 Å². The zero-order chi connectivity index (χ0) is 87.2. The summed E-state index contributed by atoms with van der Waals surface area (Å²) in [6.07, 6.45) is -8.36. The van der Waals surface area contributed by atoms with Gasteiger partial charge in [0.25, 0.3) is 25.6 Å². The summed E-state index contributed by atoms with van der Waals surface area (Å²) >= 11 is 14.6. The van der Waals surface area contributed by atoms with Crippen LogP contribution in [0.25, 0.3) is 22.3 Å². The Hall–Kier alpha value is -10.3. The maximum absolute atomic E-state index is 17.1. The maximum Gasteiger partial charge on any atom is 0.530 e. The minimum Gasteiger partial charge on any atom is -0.497 e. The molecule has 3 unspecified atom stereocenters. The summed E-state index contributed by atoms with van der Waals surface area (Å²) in [5.41, 5.74) is -4.81. The summed E-state index contributed by atoms with van der Waals surface area (Å²) in [6.45, 7) is 10.8. The van der Waals surface area contributed by atoms with Crippen LogP contribution in [-0.2, 0) is 66.7 Å². The van der Waals surface area contributed by atoms with Crippen LogP contribution in [0.2, 0.25) is 10.0 Å². The number of halogens is 2. The number of amides is 2. The minimum absolute atomic E-state index is 0.0321. The molecular weight excluding hydrogens is 1690 g/mol. The first kappa shape index (κ1) is 89.0. The molecule has 12 atom stereocenters. The first-order valence-electron chi connectivity index (χ1n) is 39.2. The van der Waals surface area contributed by atoms with Crippen molar-refractivity contribution in [3.8, 4) is 23.3 Å². The van der Waals surface area contributed by atoms with Gasteiger partial charge in [0, 0.05) is 71.1 Å². The lowest BCUT2D eigenvalue weighted by molar-refractivity contribution is -0.174. The number of aryl methyl sites for hydroxylation is 1. The van der Waals surface area contributed by atoms with Gasteiger partial charge in [-0.05, 0) is 106 Å². The molecule has 3 fully saturated rings. The fraction of sp³-hybridized carbons (Fsp3) is 0.361. The molecular formula is C83H89Cl2N14O21P3. The average molecular weight is 1780 g/mol. The quantitative estimate of drug-likeness (QED) is 0.0122. The van der Waals surface area contributed by atoms with E-state index < -0.39 is 145 Å². The summed E-state index contributed by atoms with van der Waals surface area (Å²) in [6, 6.07) is 45.4. The number of nitriles is 1. The number of hydrogen-bond donors (Lipinski definition) is 6. The molecule has 3 saturated heterocycles. The van der Waals surface area contributed by atoms with Crippen LogP contribution in [0.1, 0.15) is 124 Å². The van der Waals surface area contributed by atoms with Crippen molar-refractivity contribution >= 4 is 93.3 Å². The standard InChI is InChI=1S/C83H89Cl2N14O21P3/c1-48(2)76(100)93-80-92-75-71(79(103)94-80)90-47-98(75)69-41-64(117-121(112-38-20-37-86)99(49(3)4)50(5)6)72(116-69)83(120-122(105,106)107,58-25-16-17-26-60(58)84)59-39-67(97-46-89-70-73(87-45-88-74(70)97)91-78(102)52-21-12-10-13-22-52)114-65(59)44-113-123(108,118-62-28-19-18-27-61(62)85)119-63-40-68(96-42-51(7)77(101)95-81(96)104)115-66(63)43-111-82(53-23-14-11-15-24-53,54-29-33-56(109-8)34-30-54)55-31-35-57(110-9)36-32-55/h10-19,21-36,42,45-50,59,63-69,72H,20,38-41,43-44H2,1-9H3,(H,95,101,104)(H2,105,106,107)(H,87,88,91,102)(H2,92,93,94,100,103)/t59-,63-,64-,65-,66+,67+,68+,69+,72+,83?,121?,123?/m0/s1. The number of imidazole rings is 2. The van der Waals surface area contributed by atoms with Gasteiger partial charge in [-0.25, -0.2) is 38.5 Å². The summed E-state index contributed by atoms with van der Waals surface area (Å²) in [5.74, 6) is -2.76. The lowest BCUT2D eigenvalue weighted by atomic mass is 9.72. The number of H-pyrrole nitrogens is 2. The molecule has 0 bridgehead atoms. The van der Waals surface area contributed by atoms with Crippen molar-refractivity contribution in [2.45, 2.75) is 147 Å². The third kappa shape index (κ3) is 19.2. The highest BCUT2D eigenvalue weighted by Gasteiger charge is 2.65. The number of ether oxygens (including phenoxy) is 6. The zero-order valence-corrected chi connectivity index (χ0v) is 72.1. The van der Waals surface area contributed by atoms with Crippen molar-refractivity contribution < 1.29 is 84.1 Å². The van der Waals surface area contributed by atoms with Gasteiger partial charge < -0.3 is 57.1 Å². The SMILES string of the molecule is COc1ccc(C(OC[C@H]2O[C@@H](n3cc(C)c(=O)[nH]c3=O)C[C@@H]2OP(=O)(OC[C@@H]2O[C@@H](n3cnc4c(NC(=O)c5ccccc5)ncnc43)C[C@@H]2C(OP(=O)(O)O)(c2ccccc2Cl)[C@@H]2O[C@@H](n3cnc4c(=O)[nH]c(NC(=O)C(C)C)nc43)C[C@@H]2OP(OCCC#N)N(C(C)C)C(C)C)Oc2ccccc2Cl)(c2ccccc2)c2ccc(OC)cc2)cc1. The number of anilines is 2. The number of phosphoric acid groups is 2. The summed E-state index contributed by atoms with van der Waals surface area (Å²) < 4.78 is 119. The number of carbonyl (C=O) groups excluding carboxylic acids is 2. The Bertz CT molecular complexity index is 5890. The van der Waals surface area contributed by atoms with Gasteiger partial charge in [-0.2, -0.15) is 10.2 Å². The van der Waals surface area contributed by atoms with Crippen LogP contribution < -0.4 is 41.4 Å². The van der Waals surface area contributed by atoms with Crippen LogP contribution in [0.5, 0.6) is 17.2 Å². The van der Waals surface area contributed by atoms with Crippen LogP contribution in [-0.4, -0.2) is 152 Å². The van der Waals surface area contributed by atoms with Crippen molar-refractivity contribution in [3.63, 3.8) is 0 Å². The number of benzene rings is 6. The number of aromatic amines is 2. The molecule has 6 aromatic carbocycles. The molecule has 14 rings (SSSR count). The fourth-order valence-electron chi connectivity index (χ4n) is 15.6. The number of para-hydroxylation sites is 1. The highest BCUT2D eigenvalue weighted by Crippen LogP contribution is 2.64. The molecule has 8 heterocycles. The van der Waals surface area contributed by atoms with Crippen LogP contribution in [0.3, 0.4) is 0 Å². The number of phosphoric ester groups is 2. The number of fused-ring (bicyclic) bond motifs is 2. The van der Waals surface area contributed by atoms with Gasteiger partial charge in [-0.15, -0.1) is 0 Å². The molecule has 123 heavy (non-hydrogen) atoms. The Morgan fingerprint density at radius 3 is 1.91 bits per heavy atom. The summed E-state index contributed by atoms with van der Waals surface area (Å²) in [7, 11) is -10.9. The minimum atomic E-state index is -6.07. The predicted molar refractivity (Wildman–Crippen MR) is 452 cm³/mol. The summed E-state index contributed by atoms with van der Waals surface area (Å²) in [5, 5.41) is 15.2. The van der Waals surface area contributed by atoms with E-state index in [0.717, 1.165) is 4.57 Å². The highest BCUT2D eigenvalue weighted by atomic mass is 35.5. The Morgan fingerprint density at radius 1 is 0.683 bits per heavy atom. The van der Waals surface area contributed by atoms with Crippen molar-refractivity contribution in [2.24, 2.45) is 11.8 Å². The molecule has 5 aromatic heterocycles. The largest absolute Gasteiger partial charge is 0.530 e. The number of rotatable bonds is 35. The number of nitrogens with one attached hydrogen (secondary N) is 4. The number of hydrogen-bond acceptors (Lipinski definition) is 26. The molecule has 3 aliphatic rings. The lowest BCUT2D eigenvalue weighted by Crippen LogP contribution is -2.55. The van der Waals surface area contributed by atoms with Crippen molar-refractivity contribution in [1.82, 2.24) is 53.3 Å². The van der Waals surface area contributed by atoms with Gasteiger partial charge in [-0.1, -0.05) is 140 Å². The van der Waals surface area contributed by atoms with Crippen LogP contribution >= 0.6 is 47.4 Å². The third-order valence-electron chi connectivity index (χ3n) is 21.2. The molecule has 646 valence electrons. The lowest BCUT2D eigenvalue weighted by Gasteiger charge is -2.47. The molecule has 0 aliphatic carbocycles. The van der Waals surface area contributed by atoms with Gasteiger partial charge in [-0.3, -0.25) is 61.7 Å². The van der Waals surface area contributed by atoms with Crippen LogP contribution in [0, 0.1) is 30.1 Å². The van der Waals surface area contributed by atoms with E-state index in [1.54, 1.807) is 86.6 Å². The average Bonchev–Trinajstić information content (AvgIpc) is 1.58. The van der Waals surface area contributed by atoms with E-state index in [4.69, 9.17) is 83.7 Å². The van der Waals surface area contributed by atoms with Crippen molar-refractivity contribution in [1.29, 1.82) is 5.26 Å². The van der Waals surface area contributed by atoms with E-state index in [1.165, 1.54) is 85.8 Å². The molecule has 0 radical (unpaired) electrons. The normalized spacial score (nSPS) is 20.6. The molecule has 11 aromatic rings. The van der Waals surface area contributed by atoms with E-state index in [-0.39, 0.29) is 105 Å². The van der Waals surface area contributed by atoms with Crippen LogP contribution in [0.4, 0.5) is 11.8 Å². The number of methoxy groups -OCH3 is 2. The van der Waals surface area contributed by atoms with Gasteiger partial charge in [0.05, 0.1) is 76.4 Å². The molecule has 40 heteroatoms. The van der Waals surface area contributed by atoms with E-state index in [0.29, 0.717) is 28.2 Å². The topological polar surface area (TPSA) is 433 Å². The van der Waals surface area contributed by atoms with Gasteiger partial charge >= 0.3 is 21.3 Å². The molecule has 0 saturated carbocycles. The van der Waals surface area contributed by atoms with Gasteiger partial charge in [0.1, 0.15) is 71.8 Å². The zero-order valence-electron chi connectivity index (χ0n) is 67.9. The maximum atomic E-state index is 17.1. The first-order valence-corrected chi connectivity index (χ1v) is 44.1. The molecule has 3 aliphatic heterocycles. The number of aromatic nitrogens is 10. The number of carbonyl (C=O) groups is 2. The predicted octanol–water partition coefficient (Wildman–Crippen LogP) is 13.7. The molecule has 0 spiro atoms. The van der Waals surface area contributed by atoms with E-state index in [1.807, 2.05) is 87.0 Å². The highest BCUT2D eigenvalue weighted by molar-refractivity contribution is 7.49. The van der Waals surface area contributed by atoms with E-state index in [9.17, 15) is 43.6 Å². The molecule has 2 amide bonds. The van der Waals surface area contributed by atoms with Gasteiger partial charge in [0.15, 0.2) is 28.1 Å². The van der Waals surface area contributed by atoms with Crippen molar-refractivity contribution in [3.05, 3.63) is 258 Å². The summed E-state index contributed by atoms with van der Waals surface area (Å²) in [4.78, 5) is 121. The Morgan fingerprint density at radius 2 is 1.28 bits per heavy atom. The second kappa shape index (κ2) is 38.1. The third-order valence-corrected chi connectivity index (χ3v) is 25.9. The fourth-order valence-corrected chi connectivity index (χ4v) is 20.0. The monoisotopic (exact) mass is 1780 g/mol.